The second-order valence-electron chi connectivity index (χ2n) is 4.64. The lowest BCUT2D eigenvalue weighted by Gasteiger charge is -2.44. The van der Waals surface area contributed by atoms with Crippen LogP contribution in [0.2, 0.25) is 0 Å². The highest BCUT2D eigenvalue weighted by molar-refractivity contribution is 5.15. The maximum Gasteiger partial charge on any atom is 0.116 e. The second-order valence-corrected chi connectivity index (χ2v) is 4.64. The Bertz CT molecular complexity index is 356. The van der Waals surface area contributed by atoms with Crippen LogP contribution in [0.5, 0.6) is 0 Å². The molecule has 4 nitrogen and oxygen atoms in total. The van der Waals surface area contributed by atoms with E-state index in [0.717, 1.165) is 5.56 Å². The van der Waals surface area contributed by atoms with E-state index < -0.39 is 11.7 Å². The number of rotatable bonds is 2. The number of aliphatic hydroxyl groups is 2. The van der Waals surface area contributed by atoms with Gasteiger partial charge in [-0.25, -0.2) is 0 Å². The molecule has 1 aliphatic heterocycles. The third-order valence-corrected chi connectivity index (χ3v) is 3.73. The standard InChI is InChI=1S/C13H19NO3/c1-3-13(16)9(2)17-11(8-12(13)15)10-4-6-14-7-5-10/h4-7,9,11-12,15-16H,3,8H2,1-2H3/t9-,11-,12-,13-/m1/s1. The van der Waals surface area contributed by atoms with Crippen molar-refractivity contribution in [2.24, 2.45) is 0 Å². The number of aromatic nitrogens is 1. The zero-order chi connectivity index (χ0) is 12.5. The van der Waals surface area contributed by atoms with Crippen molar-refractivity contribution in [3.63, 3.8) is 0 Å². The summed E-state index contributed by atoms with van der Waals surface area (Å²) in [6.07, 6.45) is 3.00. The summed E-state index contributed by atoms with van der Waals surface area (Å²) in [6, 6.07) is 3.75. The van der Waals surface area contributed by atoms with Gasteiger partial charge in [-0.2, -0.15) is 0 Å². The van der Waals surface area contributed by atoms with Crippen LogP contribution in [0.4, 0.5) is 0 Å². The molecule has 1 aromatic heterocycles. The average molecular weight is 237 g/mol. The highest BCUT2D eigenvalue weighted by Crippen LogP contribution is 2.38. The topological polar surface area (TPSA) is 62.6 Å². The van der Waals surface area contributed by atoms with Gasteiger partial charge in [-0.3, -0.25) is 4.98 Å². The van der Waals surface area contributed by atoms with Crippen molar-refractivity contribution in [3.8, 4) is 0 Å². The van der Waals surface area contributed by atoms with Crippen molar-refractivity contribution in [1.29, 1.82) is 0 Å². The molecular weight excluding hydrogens is 218 g/mol. The van der Waals surface area contributed by atoms with Gasteiger partial charge in [0.15, 0.2) is 0 Å². The summed E-state index contributed by atoms with van der Waals surface area (Å²) < 4.78 is 5.81. The van der Waals surface area contributed by atoms with Gasteiger partial charge in [-0.05, 0) is 31.0 Å². The lowest BCUT2D eigenvalue weighted by molar-refractivity contribution is -0.224. The van der Waals surface area contributed by atoms with E-state index >= 15 is 0 Å². The van der Waals surface area contributed by atoms with Crippen molar-refractivity contribution < 1.29 is 14.9 Å². The Morgan fingerprint density at radius 2 is 2.12 bits per heavy atom. The Balaban J connectivity index is 2.17. The summed E-state index contributed by atoms with van der Waals surface area (Å²) in [5, 5.41) is 20.4. The van der Waals surface area contributed by atoms with Crippen molar-refractivity contribution in [3.05, 3.63) is 30.1 Å². The van der Waals surface area contributed by atoms with Crippen LogP contribution < -0.4 is 0 Å². The molecule has 0 unspecified atom stereocenters. The number of hydrogen-bond acceptors (Lipinski definition) is 4. The molecule has 2 rings (SSSR count). The summed E-state index contributed by atoms with van der Waals surface area (Å²) in [4.78, 5) is 3.96. The number of hydrogen-bond donors (Lipinski definition) is 2. The molecule has 2 heterocycles. The summed E-state index contributed by atoms with van der Waals surface area (Å²) in [5.41, 5.74) is -0.146. The minimum atomic E-state index is -1.14. The Hall–Kier alpha value is -0.970. The van der Waals surface area contributed by atoms with Crippen molar-refractivity contribution in [2.45, 2.75) is 50.6 Å². The van der Waals surface area contributed by atoms with Crippen LogP contribution in [0.25, 0.3) is 0 Å². The Morgan fingerprint density at radius 3 is 2.65 bits per heavy atom. The maximum atomic E-state index is 10.3. The third kappa shape index (κ3) is 2.20. The van der Waals surface area contributed by atoms with E-state index in [-0.39, 0.29) is 12.2 Å². The van der Waals surface area contributed by atoms with Gasteiger partial charge in [0.2, 0.25) is 0 Å². The Kier molecular flexibility index (Phi) is 3.47. The van der Waals surface area contributed by atoms with Crippen LogP contribution in [0.15, 0.2) is 24.5 Å². The predicted molar refractivity (Wildman–Crippen MR) is 63.4 cm³/mol. The third-order valence-electron chi connectivity index (χ3n) is 3.73. The minimum Gasteiger partial charge on any atom is -0.390 e. The van der Waals surface area contributed by atoms with Crippen LogP contribution in [-0.2, 0) is 4.74 Å². The van der Waals surface area contributed by atoms with Gasteiger partial charge in [0, 0.05) is 18.8 Å². The molecule has 1 aliphatic rings. The minimum absolute atomic E-state index is 0.171. The Morgan fingerprint density at radius 1 is 1.47 bits per heavy atom. The first-order chi connectivity index (χ1) is 8.08. The molecule has 2 N–H and O–H groups in total. The molecular formula is C13H19NO3. The fourth-order valence-electron chi connectivity index (χ4n) is 2.41. The van der Waals surface area contributed by atoms with Crippen molar-refractivity contribution in [1.82, 2.24) is 4.98 Å². The quantitative estimate of drug-likeness (QED) is 0.817. The van der Waals surface area contributed by atoms with Gasteiger partial charge in [0.25, 0.3) is 0 Å². The average Bonchev–Trinajstić information content (AvgIpc) is 2.36. The van der Waals surface area contributed by atoms with Gasteiger partial charge < -0.3 is 14.9 Å². The maximum absolute atomic E-state index is 10.3. The second kappa shape index (κ2) is 4.72. The molecule has 0 aliphatic carbocycles. The Labute approximate surface area is 101 Å². The summed E-state index contributed by atoms with van der Waals surface area (Å²) in [6.45, 7) is 3.66. The monoisotopic (exact) mass is 237 g/mol. The first-order valence-electron chi connectivity index (χ1n) is 6.03. The van der Waals surface area contributed by atoms with Crippen molar-refractivity contribution in [2.75, 3.05) is 0 Å². The molecule has 4 heteroatoms. The van der Waals surface area contributed by atoms with Gasteiger partial charge >= 0.3 is 0 Å². The van der Waals surface area contributed by atoms with E-state index in [2.05, 4.69) is 4.98 Å². The number of aliphatic hydroxyl groups excluding tert-OH is 1. The van der Waals surface area contributed by atoms with Crippen molar-refractivity contribution >= 4 is 0 Å². The van der Waals surface area contributed by atoms with E-state index in [1.165, 1.54) is 0 Å². The summed E-state index contributed by atoms with van der Waals surface area (Å²) >= 11 is 0. The molecule has 0 spiro atoms. The zero-order valence-electron chi connectivity index (χ0n) is 10.2. The van der Waals surface area contributed by atoms with Crippen LogP contribution in [0, 0.1) is 0 Å². The first-order valence-corrected chi connectivity index (χ1v) is 6.03. The summed E-state index contributed by atoms with van der Waals surface area (Å²) in [7, 11) is 0. The van der Waals surface area contributed by atoms with Crippen LogP contribution >= 0.6 is 0 Å². The van der Waals surface area contributed by atoms with Gasteiger partial charge in [-0.1, -0.05) is 6.92 Å². The van der Waals surface area contributed by atoms with E-state index in [9.17, 15) is 10.2 Å². The lowest BCUT2D eigenvalue weighted by atomic mass is 9.81. The lowest BCUT2D eigenvalue weighted by Crippen LogP contribution is -2.55. The first kappa shape index (κ1) is 12.5. The largest absolute Gasteiger partial charge is 0.390 e. The molecule has 0 amide bonds. The molecule has 4 atom stereocenters. The van der Waals surface area contributed by atoms with E-state index in [1.807, 2.05) is 19.1 Å². The van der Waals surface area contributed by atoms with Crippen LogP contribution in [0.3, 0.4) is 0 Å². The number of nitrogens with zero attached hydrogens (tertiary/aromatic N) is 1. The fraction of sp³-hybridized carbons (Fsp3) is 0.615. The SMILES string of the molecule is CC[C@]1(O)[C@H](O)C[C@H](c2ccncc2)O[C@@H]1C. The predicted octanol–water partition coefficient (Wildman–Crippen LogP) is 1.43. The summed E-state index contributed by atoms with van der Waals surface area (Å²) in [5.74, 6) is 0. The normalized spacial score (nSPS) is 38.0. The molecule has 1 fully saturated rings. The smallest absolute Gasteiger partial charge is 0.116 e. The molecule has 0 bridgehead atoms. The molecule has 0 saturated carbocycles. The molecule has 0 radical (unpaired) electrons. The van der Waals surface area contributed by atoms with Crippen LogP contribution in [-0.4, -0.2) is 33.0 Å². The van der Waals surface area contributed by atoms with Gasteiger partial charge in [0.05, 0.1) is 18.3 Å². The molecule has 1 saturated heterocycles. The van der Waals surface area contributed by atoms with Crippen LogP contribution in [0.1, 0.15) is 38.4 Å². The number of pyridine rings is 1. The molecule has 1 aromatic rings. The molecule has 94 valence electrons. The zero-order valence-corrected chi connectivity index (χ0v) is 10.2. The number of ether oxygens (including phenoxy) is 1. The van der Waals surface area contributed by atoms with E-state index in [0.29, 0.717) is 12.8 Å². The molecule has 17 heavy (non-hydrogen) atoms. The van der Waals surface area contributed by atoms with E-state index in [4.69, 9.17) is 4.74 Å². The highest BCUT2D eigenvalue weighted by Gasteiger charge is 2.46. The molecule has 0 aromatic carbocycles. The highest BCUT2D eigenvalue weighted by atomic mass is 16.5. The van der Waals surface area contributed by atoms with E-state index in [1.54, 1.807) is 19.3 Å². The van der Waals surface area contributed by atoms with Gasteiger partial charge in [0.1, 0.15) is 5.60 Å². The van der Waals surface area contributed by atoms with Gasteiger partial charge in [-0.15, -0.1) is 0 Å². The fourth-order valence-corrected chi connectivity index (χ4v) is 2.41.